The Morgan fingerprint density at radius 2 is 2.03 bits per heavy atom. The van der Waals surface area contributed by atoms with Crippen LogP contribution in [0.3, 0.4) is 0 Å². The lowest BCUT2D eigenvalue weighted by Gasteiger charge is -2.14. The van der Waals surface area contributed by atoms with Gasteiger partial charge in [0.1, 0.15) is 24.6 Å². The van der Waals surface area contributed by atoms with Crippen LogP contribution in [-0.2, 0) is 4.79 Å². The number of benzene rings is 2. The molecule has 3 aromatic rings. The van der Waals surface area contributed by atoms with Crippen LogP contribution < -0.4 is 15.4 Å². The lowest BCUT2D eigenvalue weighted by molar-refractivity contribution is -0.385. The number of nitrogens with zero attached hydrogens (tertiary/aromatic N) is 4. The molecule has 1 aliphatic heterocycles. The first-order valence-electron chi connectivity index (χ1n) is 10.3. The van der Waals surface area contributed by atoms with E-state index in [-0.39, 0.29) is 48.5 Å². The summed E-state index contributed by atoms with van der Waals surface area (Å²) in [5.41, 5.74) is 0.240. The molecule has 0 aliphatic carbocycles. The molecule has 2 N–H and O–H groups in total. The van der Waals surface area contributed by atoms with Crippen LogP contribution in [0.15, 0.2) is 53.3 Å². The number of amides is 1. The number of ether oxygens (including phenoxy) is 1. The maximum atomic E-state index is 14.3. The van der Waals surface area contributed by atoms with E-state index in [1.54, 1.807) is 6.07 Å². The van der Waals surface area contributed by atoms with E-state index in [0.29, 0.717) is 15.4 Å². The summed E-state index contributed by atoms with van der Waals surface area (Å²) in [6, 6.07) is 7.18. The number of fused-ring (bicyclic) bond motifs is 1. The van der Waals surface area contributed by atoms with Crippen LogP contribution in [0.4, 0.5) is 21.6 Å². The van der Waals surface area contributed by atoms with E-state index >= 15 is 0 Å². The third-order valence-electron chi connectivity index (χ3n) is 5.04. The van der Waals surface area contributed by atoms with Crippen molar-refractivity contribution < 1.29 is 18.8 Å². The van der Waals surface area contributed by atoms with Gasteiger partial charge in [-0.2, -0.15) is 0 Å². The Kier molecular flexibility index (Phi) is 7.28. The monoisotopic (exact) mass is 530 g/mol. The van der Waals surface area contributed by atoms with Crippen molar-refractivity contribution in [1.82, 2.24) is 20.2 Å². The molecule has 0 radical (unpaired) electrons. The number of nitro benzene ring substituents is 1. The molecule has 176 valence electrons. The second-order valence-corrected chi connectivity index (χ2v) is 8.35. The van der Waals surface area contributed by atoms with Crippen LogP contribution in [-0.4, -0.2) is 58.5 Å². The first kappa shape index (κ1) is 23.5. The van der Waals surface area contributed by atoms with Crippen molar-refractivity contribution in [3.05, 3.63) is 69.2 Å². The van der Waals surface area contributed by atoms with Crippen LogP contribution >= 0.6 is 15.9 Å². The Bertz CT molecular complexity index is 1260. The highest BCUT2D eigenvalue weighted by molar-refractivity contribution is 9.10. The predicted molar refractivity (Wildman–Crippen MR) is 128 cm³/mol. The number of nitrogens with one attached hydrogen (secondary N) is 2. The summed E-state index contributed by atoms with van der Waals surface area (Å²) in [6.07, 6.45) is 5.26. The molecule has 0 fully saturated rings. The van der Waals surface area contributed by atoms with Gasteiger partial charge in [-0.3, -0.25) is 19.8 Å². The number of nitro groups is 1. The molecule has 0 spiro atoms. The van der Waals surface area contributed by atoms with E-state index in [1.165, 1.54) is 30.6 Å². The van der Waals surface area contributed by atoms with E-state index in [1.807, 2.05) is 17.1 Å². The van der Waals surface area contributed by atoms with E-state index in [0.717, 1.165) is 13.1 Å². The van der Waals surface area contributed by atoms with Crippen molar-refractivity contribution in [2.75, 3.05) is 38.1 Å². The zero-order chi connectivity index (χ0) is 24.1. The molecule has 4 rings (SSSR count). The number of hydrogen-bond donors (Lipinski definition) is 2. The van der Waals surface area contributed by atoms with Crippen molar-refractivity contribution in [2.45, 2.75) is 0 Å². The van der Waals surface area contributed by atoms with Crippen LogP contribution in [0.1, 0.15) is 0 Å². The van der Waals surface area contributed by atoms with E-state index in [9.17, 15) is 19.3 Å². The highest BCUT2D eigenvalue weighted by Gasteiger charge is 2.20. The van der Waals surface area contributed by atoms with Gasteiger partial charge in [-0.05, 0) is 18.2 Å². The van der Waals surface area contributed by atoms with Gasteiger partial charge in [0, 0.05) is 29.7 Å². The highest BCUT2D eigenvalue weighted by Crippen LogP contribution is 2.35. The smallest absolute Gasteiger partial charge is 0.311 e. The third kappa shape index (κ3) is 5.64. The summed E-state index contributed by atoms with van der Waals surface area (Å²) in [5, 5.41) is 17.6. The summed E-state index contributed by atoms with van der Waals surface area (Å²) in [5.74, 6) is -0.443. The van der Waals surface area contributed by atoms with Crippen LogP contribution in [0.25, 0.3) is 10.9 Å². The maximum Gasteiger partial charge on any atom is 0.311 e. The Morgan fingerprint density at radius 3 is 2.76 bits per heavy atom. The lowest BCUT2D eigenvalue weighted by atomic mass is 10.2. The van der Waals surface area contributed by atoms with Gasteiger partial charge < -0.3 is 15.4 Å². The van der Waals surface area contributed by atoms with Gasteiger partial charge in [-0.15, -0.1) is 0 Å². The van der Waals surface area contributed by atoms with Gasteiger partial charge in [0.05, 0.1) is 34.6 Å². The molecule has 0 atom stereocenters. The molecule has 2 heterocycles. The predicted octanol–water partition coefficient (Wildman–Crippen LogP) is 3.55. The van der Waals surface area contributed by atoms with Crippen molar-refractivity contribution in [3.8, 4) is 5.75 Å². The van der Waals surface area contributed by atoms with Crippen molar-refractivity contribution >= 4 is 49.9 Å². The van der Waals surface area contributed by atoms with Crippen LogP contribution in [0, 0.1) is 15.9 Å². The Labute approximate surface area is 202 Å². The molecule has 0 saturated heterocycles. The number of carbonyl (C=O) groups is 1. The normalized spacial score (nSPS) is 13.2. The second-order valence-electron chi connectivity index (χ2n) is 7.43. The minimum absolute atomic E-state index is 0.00923. The Balaban J connectivity index is 1.47. The molecular formula is C22H20BrFN6O4. The average molecular weight is 531 g/mol. The summed E-state index contributed by atoms with van der Waals surface area (Å²) in [4.78, 5) is 33.3. The molecule has 0 unspecified atom stereocenters. The summed E-state index contributed by atoms with van der Waals surface area (Å²) in [6.45, 7) is 1.97. The number of rotatable bonds is 9. The van der Waals surface area contributed by atoms with Gasteiger partial charge in [0.2, 0.25) is 5.91 Å². The molecule has 10 nitrogen and oxygen atoms in total. The maximum absolute atomic E-state index is 14.3. The molecule has 1 amide bonds. The third-order valence-corrected chi connectivity index (χ3v) is 5.53. The number of aromatic nitrogens is 2. The fourth-order valence-electron chi connectivity index (χ4n) is 3.41. The lowest BCUT2D eigenvalue weighted by Crippen LogP contribution is -2.37. The van der Waals surface area contributed by atoms with Crippen LogP contribution in [0.5, 0.6) is 5.75 Å². The van der Waals surface area contributed by atoms with Crippen molar-refractivity contribution in [2.24, 2.45) is 0 Å². The zero-order valence-corrected chi connectivity index (χ0v) is 19.4. The summed E-state index contributed by atoms with van der Waals surface area (Å²) < 4.78 is 20.4. The van der Waals surface area contributed by atoms with Gasteiger partial charge in [0.25, 0.3) is 0 Å². The fraction of sp³-hybridized carbons (Fsp3) is 0.227. The Morgan fingerprint density at radius 1 is 1.24 bits per heavy atom. The number of carbonyl (C=O) groups excluding carboxylic acids is 1. The summed E-state index contributed by atoms with van der Waals surface area (Å²) >= 11 is 3.20. The second kappa shape index (κ2) is 10.5. The minimum Gasteiger partial charge on any atom is -0.485 e. The van der Waals surface area contributed by atoms with E-state index < -0.39 is 10.7 Å². The number of halogens is 2. The molecule has 34 heavy (non-hydrogen) atoms. The number of anilines is 2. The topological polar surface area (TPSA) is 123 Å². The molecule has 0 saturated carbocycles. The van der Waals surface area contributed by atoms with Crippen molar-refractivity contribution in [1.29, 1.82) is 0 Å². The van der Waals surface area contributed by atoms with Gasteiger partial charge >= 0.3 is 5.69 Å². The number of hydrogen-bond acceptors (Lipinski definition) is 8. The Hall–Kier alpha value is -3.64. The molecular weight excluding hydrogens is 511 g/mol. The highest BCUT2D eigenvalue weighted by atomic mass is 79.9. The van der Waals surface area contributed by atoms with Crippen LogP contribution in [0.2, 0.25) is 0 Å². The van der Waals surface area contributed by atoms with Gasteiger partial charge in [0.15, 0.2) is 5.75 Å². The van der Waals surface area contributed by atoms with E-state index in [2.05, 4.69) is 36.5 Å². The van der Waals surface area contributed by atoms with Gasteiger partial charge in [-0.25, -0.2) is 14.4 Å². The minimum atomic E-state index is -0.579. The molecule has 0 bridgehead atoms. The summed E-state index contributed by atoms with van der Waals surface area (Å²) in [7, 11) is 0. The first-order valence-corrected chi connectivity index (χ1v) is 11.1. The van der Waals surface area contributed by atoms with E-state index in [4.69, 9.17) is 4.74 Å². The molecule has 1 aliphatic rings. The molecule has 12 heteroatoms. The quantitative estimate of drug-likeness (QED) is 0.186. The van der Waals surface area contributed by atoms with Crippen molar-refractivity contribution in [3.63, 3.8) is 0 Å². The zero-order valence-electron chi connectivity index (χ0n) is 17.8. The van der Waals surface area contributed by atoms with Gasteiger partial charge in [-0.1, -0.05) is 28.1 Å². The molecule has 1 aromatic heterocycles. The molecule has 2 aromatic carbocycles. The fourth-order valence-corrected chi connectivity index (χ4v) is 3.74. The SMILES string of the molecule is O=C(CN1CC=CC1)NCCOc1cc2ncnc(Nc3ccc(Br)cc3F)c2cc1[N+](=O)[O-]. The average Bonchev–Trinajstić information content (AvgIpc) is 3.31. The largest absolute Gasteiger partial charge is 0.485 e. The standard InChI is InChI=1S/C22H20BrFN6O4/c23-14-3-4-17(16(24)9-14)28-22-15-10-19(30(32)33)20(11-18(15)26-13-27-22)34-8-5-25-21(31)12-29-6-1-2-7-29/h1-4,9-11,13H,5-8,12H2,(H,25,31)(H,26,27,28). The first-order chi connectivity index (χ1) is 16.4.